The van der Waals surface area contributed by atoms with Crippen LogP contribution in [0.15, 0.2) is 12.4 Å². The van der Waals surface area contributed by atoms with Crippen LogP contribution in [0, 0.1) is 5.92 Å². The van der Waals surface area contributed by atoms with Gasteiger partial charge in [-0.15, -0.1) is 0 Å². The molecule has 3 nitrogen and oxygen atoms in total. The molecule has 0 fully saturated rings. The molecule has 0 radical (unpaired) electrons. The van der Waals surface area contributed by atoms with Crippen molar-refractivity contribution in [2.45, 2.75) is 52.7 Å². The number of imidazole rings is 1. The van der Waals surface area contributed by atoms with Crippen LogP contribution in [0.25, 0.3) is 0 Å². The Morgan fingerprint density at radius 1 is 1.53 bits per heavy atom. The minimum atomic E-state index is -0.826. The van der Waals surface area contributed by atoms with Crippen molar-refractivity contribution in [1.29, 1.82) is 0 Å². The first-order valence-corrected chi connectivity index (χ1v) is 5.78. The van der Waals surface area contributed by atoms with E-state index in [1.165, 1.54) is 0 Å². The fraction of sp³-hybridized carbons (Fsp3) is 0.750. The first-order valence-electron chi connectivity index (χ1n) is 5.78. The van der Waals surface area contributed by atoms with E-state index in [1.54, 1.807) is 6.20 Å². The van der Waals surface area contributed by atoms with Gasteiger partial charge in [0.25, 0.3) is 0 Å². The highest BCUT2D eigenvalue weighted by Gasteiger charge is 2.33. The molecule has 0 amide bonds. The molecule has 0 aliphatic carbocycles. The Labute approximate surface area is 92.1 Å². The van der Waals surface area contributed by atoms with Gasteiger partial charge >= 0.3 is 0 Å². The minimum Gasteiger partial charge on any atom is -0.382 e. The summed E-state index contributed by atoms with van der Waals surface area (Å²) in [7, 11) is 0. The summed E-state index contributed by atoms with van der Waals surface area (Å²) in [6.07, 6.45) is 5.71. The van der Waals surface area contributed by atoms with Gasteiger partial charge in [-0.3, -0.25) is 0 Å². The number of hydrogen-bond donors (Lipinski definition) is 1. The number of nitrogens with zero attached hydrogens (tertiary/aromatic N) is 2. The molecule has 0 spiro atoms. The lowest BCUT2D eigenvalue weighted by atomic mass is 9.88. The molecule has 0 bridgehead atoms. The molecule has 2 unspecified atom stereocenters. The lowest BCUT2D eigenvalue weighted by molar-refractivity contribution is -0.0115. The van der Waals surface area contributed by atoms with Gasteiger partial charge in [0.15, 0.2) is 0 Å². The highest BCUT2D eigenvalue weighted by molar-refractivity contribution is 5.05. The minimum absolute atomic E-state index is 0.218. The van der Waals surface area contributed by atoms with Crippen LogP contribution >= 0.6 is 0 Å². The normalized spacial score (nSPS) is 17.4. The second-order valence-corrected chi connectivity index (χ2v) is 4.40. The van der Waals surface area contributed by atoms with Crippen LogP contribution < -0.4 is 0 Å². The number of rotatable bonds is 5. The van der Waals surface area contributed by atoms with Gasteiger partial charge in [0.2, 0.25) is 0 Å². The third-order valence-corrected chi connectivity index (χ3v) is 3.20. The van der Waals surface area contributed by atoms with Crippen molar-refractivity contribution >= 4 is 0 Å². The molecule has 1 aromatic heterocycles. The molecule has 0 aliphatic heterocycles. The molecule has 1 aromatic rings. The molecule has 1 N–H and O–H groups in total. The summed E-state index contributed by atoms with van der Waals surface area (Å²) >= 11 is 0. The molecule has 86 valence electrons. The molecule has 1 heterocycles. The van der Waals surface area contributed by atoms with E-state index < -0.39 is 5.60 Å². The smallest absolute Gasteiger partial charge is 0.140 e. The lowest BCUT2D eigenvalue weighted by Gasteiger charge is -2.29. The molecular weight excluding hydrogens is 188 g/mol. The predicted octanol–water partition coefficient (Wildman–Crippen LogP) is 2.55. The number of aliphatic hydroxyl groups is 1. The van der Waals surface area contributed by atoms with Crippen LogP contribution in [0.5, 0.6) is 0 Å². The van der Waals surface area contributed by atoms with Gasteiger partial charge in [-0.1, -0.05) is 27.2 Å². The van der Waals surface area contributed by atoms with E-state index in [2.05, 4.69) is 25.8 Å². The van der Waals surface area contributed by atoms with Crippen molar-refractivity contribution in [3.63, 3.8) is 0 Å². The Morgan fingerprint density at radius 3 is 2.73 bits per heavy atom. The zero-order valence-electron chi connectivity index (χ0n) is 10.2. The first kappa shape index (κ1) is 12.2. The average molecular weight is 210 g/mol. The summed E-state index contributed by atoms with van der Waals surface area (Å²) in [5.74, 6) is 1.01. The van der Waals surface area contributed by atoms with Gasteiger partial charge in [-0.05, 0) is 19.3 Å². The first-order chi connectivity index (χ1) is 7.04. The summed E-state index contributed by atoms with van der Waals surface area (Å²) in [5.41, 5.74) is -0.826. The van der Waals surface area contributed by atoms with Gasteiger partial charge in [0.05, 0.1) is 0 Å². The summed E-state index contributed by atoms with van der Waals surface area (Å²) in [5, 5.41) is 10.5. The van der Waals surface area contributed by atoms with E-state index in [4.69, 9.17) is 0 Å². The third kappa shape index (κ3) is 2.40. The second-order valence-electron chi connectivity index (χ2n) is 4.40. The van der Waals surface area contributed by atoms with E-state index >= 15 is 0 Å². The van der Waals surface area contributed by atoms with Crippen LogP contribution in [-0.4, -0.2) is 14.7 Å². The van der Waals surface area contributed by atoms with E-state index in [0.717, 1.165) is 25.2 Å². The molecule has 2 atom stereocenters. The lowest BCUT2D eigenvalue weighted by Crippen LogP contribution is -2.33. The predicted molar refractivity (Wildman–Crippen MR) is 61.5 cm³/mol. The van der Waals surface area contributed by atoms with Crippen LogP contribution in [0.1, 0.15) is 46.4 Å². The quantitative estimate of drug-likeness (QED) is 0.811. The van der Waals surface area contributed by atoms with Crippen molar-refractivity contribution in [1.82, 2.24) is 9.55 Å². The summed E-state index contributed by atoms with van der Waals surface area (Å²) in [6.45, 7) is 9.05. The molecule has 1 rings (SSSR count). The Bertz CT molecular complexity index is 304. The fourth-order valence-corrected chi connectivity index (χ4v) is 1.79. The van der Waals surface area contributed by atoms with E-state index in [-0.39, 0.29) is 5.92 Å². The van der Waals surface area contributed by atoms with Crippen molar-refractivity contribution in [2.24, 2.45) is 5.92 Å². The highest BCUT2D eigenvalue weighted by atomic mass is 16.3. The monoisotopic (exact) mass is 210 g/mol. The van der Waals surface area contributed by atoms with E-state index in [0.29, 0.717) is 0 Å². The van der Waals surface area contributed by atoms with Crippen molar-refractivity contribution in [3.8, 4) is 0 Å². The van der Waals surface area contributed by atoms with Crippen LogP contribution in [0.2, 0.25) is 0 Å². The van der Waals surface area contributed by atoms with Gasteiger partial charge in [-0.2, -0.15) is 0 Å². The summed E-state index contributed by atoms with van der Waals surface area (Å²) in [6, 6.07) is 0. The maximum atomic E-state index is 10.5. The Kier molecular flexibility index (Phi) is 3.91. The SMILES string of the molecule is CCCn1ccnc1C(C)(O)C(C)CC. The molecule has 0 saturated carbocycles. The van der Waals surface area contributed by atoms with E-state index in [9.17, 15) is 5.11 Å². The number of aromatic nitrogens is 2. The Morgan fingerprint density at radius 2 is 2.20 bits per heavy atom. The van der Waals surface area contributed by atoms with Gasteiger partial charge in [0, 0.05) is 18.9 Å². The van der Waals surface area contributed by atoms with Crippen LogP contribution in [0.4, 0.5) is 0 Å². The van der Waals surface area contributed by atoms with Gasteiger partial charge in [0.1, 0.15) is 11.4 Å². The standard InChI is InChI=1S/C12H22N2O/c1-5-8-14-9-7-13-11(14)12(4,15)10(3)6-2/h7,9-10,15H,5-6,8H2,1-4H3. The summed E-state index contributed by atoms with van der Waals surface area (Å²) < 4.78 is 2.05. The summed E-state index contributed by atoms with van der Waals surface area (Å²) in [4.78, 5) is 4.29. The number of aryl methyl sites for hydroxylation is 1. The molecule has 15 heavy (non-hydrogen) atoms. The zero-order valence-corrected chi connectivity index (χ0v) is 10.2. The molecular formula is C12H22N2O. The second kappa shape index (κ2) is 4.79. The van der Waals surface area contributed by atoms with Crippen LogP contribution in [-0.2, 0) is 12.1 Å². The van der Waals surface area contributed by atoms with Crippen LogP contribution in [0.3, 0.4) is 0 Å². The molecule has 0 aromatic carbocycles. The van der Waals surface area contributed by atoms with Gasteiger partial charge < -0.3 is 9.67 Å². The average Bonchev–Trinajstić information content (AvgIpc) is 2.66. The molecule has 0 aliphatic rings. The maximum absolute atomic E-state index is 10.5. The maximum Gasteiger partial charge on any atom is 0.140 e. The zero-order chi connectivity index (χ0) is 11.5. The highest BCUT2D eigenvalue weighted by Crippen LogP contribution is 2.29. The van der Waals surface area contributed by atoms with Crippen molar-refractivity contribution in [3.05, 3.63) is 18.2 Å². The van der Waals surface area contributed by atoms with E-state index in [1.807, 2.05) is 17.7 Å². The largest absolute Gasteiger partial charge is 0.382 e. The Hall–Kier alpha value is -0.830. The number of hydrogen-bond acceptors (Lipinski definition) is 2. The molecule has 0 saturated heterocycles. The fourth-order valence-electron chi connectivity index (χ4n) is 1.79. The third-order valence-electron chi connectivity index (χ3n) is 3.20. The van der Waals surface area contributed by atoms with Crippen molar-refractivity contribution in [2.75, 3.05) is 0 Å². The van der Waals surface area contributed by atoms with Gasteiger partial charge in [-0.25, -0.2) is 4.98 Å². The molecule has 3 heteroatoms. The topological polar surface area (TPSA) is 38.0 Å². The Balaban J connectivity index is 2.97. The van der Waals surface area contributed by atoms with Crippen molar-refractivity contribution < 1.29 is 5.11 Å².